The van der Waals surface area contributed by atoms with E-state index >= 15 is 0 Å². The minimum absolute atomic E-state index is 0.174. The molecule has 0 bridgehead atoms. The summed E-state index contributed by atoms with van der Waals surface area (Å²) >= 11 is 0. The molecule has 0 aromatic carbocycles. The summed E-state index contributed by atoms with van der Waals surface area (Å²) in [5, 5.41) is 11.8. The van der Waals surface area contributed by atoms with Crippen LogP contribution >= 0.6 is 0 Å². The molecule has 1 atom stereocenters. The fourth-order valence-corrected chi connectivity index (χ4v) is 2.32. The van der Waals surface area contributed by atoms with E-state index in [1.54, 1.807) is 19.3 Å². The molecule has 2 heterocycles. The van der Waals surface area contributed by atoms with Crippen molar-refractivity contribution in [2.24, 2.45) is 5.92 Å². The maximum atomic E-state index is 11.5. The highest BCUT2D eigenvalue weighted by Gasteiger charge is 2.20. The van der Waals surface area contributed by atoms with Crippen molar-refractivity contribution < 1.29 is 9.90 Å². The Balaban J connectivity index is 2.15. The van der Waals surface area contributed by atoms with Crippen LogP contribution in [0.15, 0.2) is 18.3 Å². The van der Waals surface area contributed by atoms with E-state index in [4.69, 9.17) is 0 Å². The van der Waals surface area contributed by atoms with E-state index in [1.165, 1.54) is 0 Å². The number of hydrogen-bond acceptors (Lipinski definition) is 4. The number of carbonyl (C=O) groups is 1. The molecule has 1 aliphatic rings. The normalized spacial score (nSPS) is 19.7. The van der Waals surface area contributed by atoms with Crippen LogP contribution in [0.4, 0.5) is 5.69 Å². The Hall–Kier alpha value is -1.62. The molecular formula is C13H19N3O2. The van der Waals surface area contributed by atoms with Gasteiger partial charge in [-0.3, -0.25) is 9.78 Å². The van der Waals surface area contributed by atoms with Gasteiger partial charge in [0.2, 0.25) is 0 Å². The smallest absolute Gasteiger partial charge is 0.269 e. The summed E-state index contributed by atoms with van der Waals surface area (Å²) in [4.78, 5) is 17.8. The second-order valence-corrected chi connectivity index (χ2v) is 4.62. The third kappa shape index (κ3) is 2.79. The van der Waals surface area contributed by atoms with Gasteiger partial charge in [-0.25, -0.2) is 0 Å². The van der Waals surface area contributed by atoms with E-state index in [0.29, 0.717) is 11.6 Å². The highest BCUT2D eigenvalue weighted by atomic mass is 16.3. The van der Waals surface area contributed by atoms with Crippen LogP contribution < -0.4 is 10.2 Å². The second kappa shape index (κ2) is 5.82. The topological polar surface area (TPSA) is 65.5 Å². The average molecular weight is 249 g/mol. The molecule has 1 amide bonds. The molecule has 0 radical (unpaired) electrons. The maximum Gasteiger partial charge on any atom is 0.269 e. The predicted molar refractivity (Wildman–Crippen MR) is 69.7 cm³/mol. The first-order valence-corrected chi connectivity index (χ1v) is 6.28. The van der Waals surface area contributed by atoms with Gasteiger partial charge in [0.1, 0.15) is 5.69 Å². The van der Waals surface area contributed by atoms with Crippen LogP contribution in [0.5, 0.6) is 0 Å². The summed E-state index contributed by atoms with van der Waals surface area (Å²) < 4.78 is 0. The standard InChI is InChI=1S/C13H19N3O2/c1-14-13(18)12-7-11(4-5-15-12)16-6-2-3-10(8-16)9-17/h4-5,7,10,17H,2-3,6,8-9H2,1H3,(H,14,18). The van der Waals surface area contributed by atoms with Crippen molar-refractivity contribution in [3.8, 4) is 0 Å². The van der Waals surface area contributed by atoms with Gasteiger partial charge in [0.25, 0.3) is 5.91 Å². The first-order chi connectivity index (χ1) is 8.74. The number of anilines is 1. The van der Waals surface area contributed by atoms with Crippen LogP contribution in [0.1, 0.15) is 23.3 Å². The number of aliphatic hydroxyl groups excluding tert-OH is 1. The summed E-state index contributed by atoms with van der Waals surface area (Å²) in [5.74, 6) is 0.155. The SMILES string of the molecule is CNC(=O)c1cc(N2CCCC(CO)C2)ccn1. The number of aliphatic hydroxyl groups is 1. The van der Waals surface area contributed by atoms with Gasteiger partial charge in [-0.15, -0.1) is 0 Å². The number of nitrogens with one attached hydrogen (secondary N) is 1. The van der Waals surface area contributed by atoms with Crippen molar-refractivity contribution in [2.75, 3.05) is 31.6 Å². The van der Waals surface area contributed by atoms with Gasteiger partial charge in [-0.05, 0) is 30.9 Å². The minimum atomic E-state index is -0.174. The molecule has 2 N–H and O–H groups in total. The molecule has 1 aliphatic heterocycles. The highest BCUT2D eigenvalue weighted by molar-refractivity contribution is 5.92. The Morgan fingerprint density at radius 1 is 1.67 bits per heavy atom. The number of aromatic nitrogens is 1. The third-order valence-corrected chi connectivity index (χ3v) is 3.35. The van der Waals surface area contributed by atoms with Gasteiger partial charge in [0.05, 0.1) is 0 Å². The molecule has 5 nitrogen and oxygen atoms in total. The Kier molecular flexibility index (Phi) is 4.15. The van der Waals surface area contributed by atoms with Crippen molar-refractivity contribution in [3.63, 3.8) is 0 Å². The maximum absolute atomic E-state index is 11.5. The lowest BCUT2D eigenvalue weighted by Crippen LogP contribution is -2.37. The molecule has 1 saturated heterocycles. The van der Waals surface area contributed by atoms with Crippen molar-refractivity contribution >= 4 is 11.6 Å². The first-order valence-electron chi connectivity index (χ1n) is 6.28. The van der Waals surface area contributed by atoms with E-state index in [2.05, 4.69) is 15.2 Å². The van der Waals surface area contributed by atoms with Crippen LogP contribution in [0.3, 0.4) is 0 Å². The molecule has 1 unspecified atom stereocenters. The third-order valence-electron chi connectivity index (χ3n) is 3.35. The molecule has 0 saturated carbocycles. The number of rotatable bonds is 3. The lowest BCUT2D eigenvalue weighted by molar-refractivity contribution is 0.0958. The van der Waals surface area contributed by atoms with E-state index in [9.17, 15) is 9.90 Å². The molecule has 98 valence electrons. The Labute approximate surface area is 107 Å². The number of carbonyl (C=O) groups excluding carboxylic acids is 1. The van der Waals surface area contributed by atoms with Gasteiger partial charge < -0.3 is 15.3 Å². The van der Waals surface area contributed by atoms with E-state index < -0.39 is 0 Å². The first kappa shape index (κ1) is 12.8. The zero-order chi connectivity index (χ0) is 13.0. The number of pyridine rings is 1. The largest absolute Gasteiger partial charge is 0.396 e. The van der Waals surface area contributed by atoms with Gasteiger partial charge in [-0.1, -0.05) is 0 Å². The summed E-state index contributed by atoms with van der Waals surface area (Å²) in [5.41, 5.74) is 1.43. The molecule has 1 fully saturated rings. The summed E-state index contributed by atoms with van der Waals surface area (Å²) in [6.07, 6.45) is 3.80. The zero-order valence-electron chi connectivity index (χ0n) is 10.6. The lowest BCUT2D eigenvalue weighted by atomic mass is 9.98. The predicted octanol–water partition coefficient (Wildman–Crippen LogP) is 0.650. The quantitative estimate of drug-likeness (QED) is 0.825. The van der Waals surface area contributed by atoms with Crippen molar-refractivity contribution in [3.05, 3.63) is 24.0 Å². The van der Waals surface area contributed by atoms with E-state index in [0.717, 1.165) is 31.6 Å². The zero-order valence-corrected chi connectivity index (χ0v) is 10.6. The monoisotopic (exact) mass is 249 g/mol. The fourth-order valence-electron chi connectivity index (χ4n) is 2.32. The molecule has 1 aromatic heterocycles. The van der Waals surface area contributed by atoms with E-state index in [1.807, 2.05) is 6.07 Å². The average Bonchev–Trinajstić information content (AvgIpc) is 2.46. The number of piperidine rings is 1. The van der Waals surface area contributed by atoms with Gasteiger partial charge in [-0.2, -0.15) is 0 Å². The Morgan fingerprint density at radius 3 is 3.22 bits per heavy atom. The molecule has 18 heavy (non-hydrogen) atoms. The summed E-state index contributed by atoms with van der Waals surface area (Å²) in [6, 6.07) is 3.71. The van der Waals surface area contributed by atoms with Gasteiger partial charge in [0, 0.05) is 38.6 Å². The molecular weight excluding hydrogens is 230 g/mol. The van der Waals surface area contributed by atoms with Crippen LogP contribution in [0.25, 0.3) is 0 Å². The summed E-state index contributed by atoms with van der Waals surface area (Å²) in [7, 11) is 1.60. The Morgan fingerprint density at radius 2 is 2.50 bits per heavy atom. The van der Waals surface area contributed by atoms with Crippen molar-refractivity contribution in [2.45, 2.75) is 12.8 Å². The number of hydrogen-bond donors (Lipinski definition) is 2. The van der Waals surface area contributed by atoms with Crippen molar-refractivity contribution in [1.82, 2.24) is 10.3 Å². The van der Waals surface area contributed by atoms with Gasteiger partial charge >= 0.3 is 0 Å². The van der Waals surface area contributed by atoms with Crippen LogP contribution in [0.2, 0.25) is 0 Å². The number of nitrogens with zero attached hydrogens (tertiary/aromatic N) is 2. The van der Waals surface area contributed by atoms with Crippen LogP contribution in [-0.2, 0) is 0 Å². The molecule has 5 heteroatoms. The lowest BCUT2D eigenvalue weighted by Gasteiger charge is -2.33. The minimum Gasteiger partial charge on any atom is -0.396 e. The second-order valence-electron chi connectivity index (χ2n) is 4.62. The van der Waals surface area contributed by atoms with Crippen LogP contribution in [0, 0.1) is 5.92 Å². The highest BCUT2D eigenvalue weighted by Crippen LogP contribution is 2.23. The van der Waals surface area contributed by atoms with Crippen LogP contribution in [-0.4, -0.2) is 42.7 Å². The van der Waals surface area contributed by atoms with Gasteiger partial charge in [0.15, 0.2) is 0 Å². The number of amides is 1. The summed E-state index contributed by atoms with van der Waals surface area (Å²) in [6.45, 7) is 2.03. The van der Waals surface area contributed by atoms with Crippen molar-refractivity contribution in [1.29, 1.82) is 0 Å². The molecule has 1 aromatic rings. The fraction of sp³-hybridized carbons (Fsp3) is 0.538. The molecule has 0 spiro atoms. The molecule has 0 aliphatic carbocycles. The molecule has 2 rings (SSSR count). The Bertz CT molecular complexity index is 422. The van der Waals surface area contributed by atoms with E-state index in [-0.39, 0.29) is 12.5 Å².